The van der Waals surface area contributed by atoms with E-state index in [9.17, 15) is 4.79 Å². The zero-order chi connectivity index (χ0) is 11.3. The summed E-state index contributed by atoms with van der Waals surface area (Å²) in [6.07, 6.45) is 0.687. The first-order valence-corrected chi connectivity index (χ1v) is 4.88. The summed E-state index contributed by atoms with van der Waals surface area (Å²) in [5, 5.41) is 8.67. The van der Waals surface area contributed by atoms with E-state index < -0.39 is 0 Å². The summed E-state index contributed by atoms with van der Waals surface area (Å²) in [6.45, 7) is 3.79. The molecule has 1 aromatic rings. The lowest BCUT2D eigenvalue weighted by Gasteiger charge is -2.10. The largest absolute Gasteiger partial charge is 0.459 e. The van der Waals surface area contributed by atoms with Crippen LogP contribution in [-0.4, -0.2) is 12.1 Å². The lowest BCUT2D eigenvalue weighted by atomic mass is 10.1. The maximum Gasteiger partial charge on any atom is 0.338 e. The molecule has 0 bridgehead atoms. The Kier molecular flexibility index (Phi) is 3.87. The first kappa shape index (κ1) is 11.3. The van der Waals surface area contributed by atoms with Crippen LogP contribution in [0.2, 0.25) is 0 Å². The lowest BCUT2D eigenvalue weighted by molar-refractivity contribution is 0.0334. The van der Waals surface area contributed by atoms with Crippen molar-refractivity contribution in [1.82, 2.24) is 0 Å². The van der Waals surface area contributed by atoms with E-state index in [0.717, 1.165) is 6.42 Å². The Balaban J connectivity index is 2.78. The quantitative estimate of drug-likeness (QED) is 0.709. The molecule has 0 saturated carbocycles. The van der Waals surface area contributed by atoms with Gasteiger partial charge in [0.25, 0.3) is 0 Å². The molecule has 0 saturated heterocycles. The van der Waals surface area contributed by atoms with Crippen LogP contribution in [-0.2, 0) is 4.74 Å². The molecule has 1 atom stereocenters. The lowest BCUT2D eigenvalue weighted by Crippen LogP contribution is -2.13. The van der Waals surface area contributed by atoms with E-state index in [4.69, 9.17) is 10.00 Å². The van der Waals surface area contributed by atoms with Crippen LogP contribution in [0.1, 0.15) is 36.2 Å². The number of nitrogens with zero attached hydrogens (tertiary/aromatic N) is 1. The van der Waals surface area contributed by atoms with Crippen LogP contribution in [0.4, 0.5) is 0 Å². The molecule has 1 aromatic carbocycles. The number of hydrogen-bond acceptors (Lipinski definition) is 3. The minimum Gasteiger partial charge on any atom is -0.459 e. The van der Waals surface area contributed by atoms with Gasteiger partial charge in [-0.1, -0.05) is 13.0 Å². The fourth-order valence-electron chi connectivity index (χ4n) is 1.05. The first-order chi connectivity index (χ1) is 7.17. The molecule has 0 unspecified atom stereocenters. The summed E-state index contributed by atoms with van der Waals surface area (Å²) in [4.78, 5) is 11.6. The molecule has 0 fully saturated rings. The predicted octanol–water partition coefficient (Wildman–Crippen LogP) is 2.51. The van der Waals surface area contributed by atoms with Gasteiger partial charge in [-0.2, -0.15) is 5.26 Å². The Morgan fingerprint density at radius 2 is 2.33 bits per heavy atom. The van der Waals surface area contributed by atoms with Crippen LogP contribution in [0.5, 0.6) is 0 Å². The third kappa shape index (κ3) is 3.10. The van der Waals surface area contributed by atoms with Crippen LogP contribution < -0.4 is 0 Å². The molecular formula is C12H13NO2. The average Bonchev–Trinajstić information content (AvgIpc) is 2.28. The highest BCUT2D eigenvalue weighted by molar-refractivity contribution is 5.89. The maximum absolute atomic E-state index is 11.6. The van der Waals surface area contributed by atoms with Crippen LogP contribution in [0, 0.1) is 11.3 Å². The minimum absolute atomic E-state index is 0.0942. The number of benzene rings is 1. The molecule has 0 spiro atoms. The maximum atomic E-state index is 11.6. The third-order valence-corrected chi connectivity index (χ3v) is 2.11. The van der Waals surface area contributed by atoms with E-state index >= 15 is 0 Å². The molecular weight excluding hydrogens is 190 g/mol. The van der Waals surface area contributed by atoms with Gasteiger partial charge in [-0.05, 0) is 31.5 Å². The van der Waals surface area contributed by atoms with Gasteiger partial charge >= 0.3 is 5.97 Å². The smallest absolute Gasteiger partial charge is 0.338 e. The number of rotatable bonds is 3. The van der Waals surface area contributed by atoms with Crippen molar-refractivity contribution < 1.29 is 9.53 Å². The van der Waals surface area contributed by atoms with Crippen molar-refractivity contribution >= 4 is 5.97 Å². The number of esters is 1. The van der Waals surface area contributed by atoms with Crippen molar-refractivity contribution in [3.63, 3.8) is 0 Å². The summed E-state index contributed by atoms with van der Waals surface area (Å²) in [7, 11) is 0. The molecule has 0 N–H and O–H groups in total. The van der Waals surface area contributed by atoms with Crippen molar-refractivity contribution in [3.05, 3.63) is 35.4 Å². The number of ether oxygens (including phenoxy) is 1. The number of nitriles is 1. The molecule has 3 heteroatoms. The van der Waals surface area contributed by atoms with Crippen LogP contribution >= 0.6 is 0 Å². The van der Waals surface area contributed by atoms with Crippen molar-refractivity contribution in [2.75, 3.05) is 0 Å². The van der Waals surface area contributed by atoms with E-state index in [2.05, 4.69) is 0 Å². The van der Waals surface area contributed by atoms with Gasteiger partial charge in [-0.15, -0.1) is 0 Å². The molecule has 0 radical (unpaired) electrons. The summed E-state index contributed by atoms with van der Waals surface area (Å²) in [5.74, 6) is -0.374. The number of carbonyl (C=O) groups is 1. The van der Waals surface area contributed by atoms with E-state index in [1.165, 1.54) is 6.07 Å². The Hall–Kier alpha value is -1.82. The molecule has 78 valence electrons. The summed E-state index contributed by atoms with van der Waals surface area (Å²) in [5.41, 5.74) is 0.892. The average molecular weight is 203 g/mol. The monoisotopic (exact) mass is 203 g/mol. The molecule has 1 rings (SSSR count). The third-order valence-electron chi connectivity index (χ3n) is 2.11. The highest BCUT2D eigenvalue weighted by Gasteiger charge is 2.10. The molecule has 0 aromatic heterocycles. The van der Waals surface area contributed by atoms with Gasteiger partial charge < -0.3 is 4.74 Å². The zero-order valence-electron chi connectivity index (χ0n) is 8.86. The summed E-state index contributed by atoms with van der Waals surface area (Å²) in [6, 6.07) is 8.48. The first-order valence-electron chi connectivity index (χ1n) is 4.88. The molecule has 0 heterocycles. The molecule has 0 amide bonds. The fraction of sp³-hybridized carbons (Fsp3) is 0.333. The molecule has 0 aliphatic carbocycles. The Morgan fingerprint density at radius 3 is 2.93 bits per heavy atom. The number of carbonyl (C=O) groups excluding carboxylic acids is 1. The van der Waals surface area contributed by atoms with Crippen molar-refractivity contribution in [2.24, 2.45) is 0 Å². The van der Waals surface area contributed by atoms with Gasteiger partial charge in [-0.25, -0.2) is 4.79 Å². The Labute approximate surface area is 89.3 Å². The Bertz CT molecular complexity index is 393. The minimum atomic E-state index is -0.374. The number of hydrogen-bond donors (Lipinski definition) is 0. The second kappa shape index (κ2) is 5.16. The molecule has 0 aliphatic rings. The van der Waals surface area contributed by atoms with Crippen molar-refractivity contribution in [1.29, 1.82) is 5.26 Å². The van der Waals surface area contributed by atoms with Crippen molar-refractivity contribution in [2.45, 2.75) is 26.4 Å². The summed E-state index contributed by atoms with van der Waals surface area (Å²) >= 11 is 0. The van der Waals surface area contributed by atoms with Gasteiger partial charge in [0.2, 0.25) is 0 Å². The second-order valence-electron chi connectivity index (χ2n) is 3.32. The predicted molar refractivity (Wildman–Crippen MR) is 56.3 cm³/mol. The van der Waals surface area contributed by atoms with E-state index in [1.807, 2.05) is 19.9 Å². The van der Waals surface area contributed by atoms with E-state index in [-0.39, 0.29) is 12.1 Å². The van der Waals surface area contributed by atoms with Gasteiger partial charge in [-0.3, -0.25) is 0 Å². The van der Waals surface area contributed by atoms with Gasteiger partial charge in [0.05, 0.1) is 23.3 Å². The summed E-state index contributed by atoms with van der Waals surface area (Å²) < 4.78 is 5.14. The van der Waals surface area contributed by atoms with E-state index in [1.54, 1.807) is 18.2 Å². The standard InChI is InChI=1S/C12H13NO2/c1-3-9(2)15-12(14)11-6-4-5-10(7-11)8-13/h4-7,9H,3H2,1-2H3/t9-/m0/s1. The highest BCUT2D eigenvalue weighted by Crippen LogP contribution is 2.08. The molecule has 15 heavy (non-hydrogen) atoms. The SMILES string of the molecule is CC[C@H](C)OC(=O)c1cccc(C#N)c1. The zero-order valence-corrected chi connectivity index (χ0v) is 8.86. The van der Waals surface area contributed by atoms with E-state index in [0.29, 0.717) is 11.1 Å². The van der Waals surface area contributed by atoms with Crippen LogP contribution in [0.3, 0.4) is 0 Å². The van der Waals surface area contributed by atoms with Crippen LogP contribution in [0.15, 0.2) is 24.3 Å². The Morgan fingerprint density at radius 1 is 1.60 bits per heavy atom. The molecule has 3 nitrogen and oxygen atoms in total. The van der Waals surface area contributed by atoms with Crippen molar-refractivity contribution in [3.8, 4) is 6.07 Å². The fourth-order valence-corrected chi connectivity index (χ4v) is 1.05. The van der Waals surface area contributed by atoms with Gasteiger partial charge in [0.15, 0.2) is 0 Å². The molecule has 0 aliphatic heterocycles. The topological polar surface area (TPSA) is 50.1 Å². The van der Waals surface area contributed by atoms with Gasteiger partial charge in [0.1, 0.15) is 0 Å². The second-order valence-corrected chi connectivity index (χ2v) is 3.32. The van der Waals surface area contributed by atoms with Crippen LogP contribution in [0.25, 0.3) is 0 Å². The van der Waals surface area contributed by atoms with Gasteiger partial charge in [0, 0.05) is 0 Å². The normalized spacial score (nSPS) is 11.5. The highest BCUT2D eigenvalue weighted by atomic mass is 16.5.